The molecule has 0 saturated carbocycles. The number of nitrogens with zero attached hydrogens (tertiary/aromatic N) is 1. The molecule has 0 aliphatic carbocycles. The summed E-state index contributed by atoms with van der Waals surface area (Å²) in [6, 6.07) is 6.46. The van der Waals surface area contributed by atoms with Gasteiger partial charge in [-0.3, -0.25) is 0 Å². The molecule has 0 saturated heterocycles. The smallest absolute Gasteiger partial charge is 0.482 e. The zero-order valence-corrected chi connectivity index (χ0v) is 7.08. The Morgan fingerprint density at radius 1 is 1.29 bits per heavy atom. The first kappa shape index (κ1) is 10.4. The van der Waals surface area contributed by atoms with Crippen LogP contribution in [0.5, 0.6) is 5.75 Å². The van der Waals surface area contributed by atoms with Crippen LogP contribution in [0.4, 0.5) is 12.9 Å². The Bertz CT molecular complexity index is 358. The summed E-state index contributed by atoms with van der Waals surface area (Å²) in [6.45, 7) is -5.47. The van der Waals surface area contributed by atoms with Gasteiger partial charge in [-0.15, -0.1) is 0 Å². The first-order chi connectivity index (χ1) is 6.55. The van der Waals surface area contributed by atoms with Crippen LogP contribution in [0.15, 0.2) is 24.3 Å². The molecule has 0 N–H and O–H groups in total. The largest absolute Gasteiger partial charge is 0.513 e. The van der Waals surface area contributed by atoms with Gasteiger partial charge in [0.15, 0.2) is 6.61 Å². The lowest BCUT2D eigenvalue weighted by Gasteiger charge is -2.18. The van der Waals surface area contributed by atoms with Crippen molar-refractivity contribution in [1.29, 1.82) is 5.26 Å². The molecular formula is C8H6BF3NO-. The van der Waals surface area contributed by atoms with Gasteiger partial charge >= 0.3 is 6.98 Å². The average molecular weight is 200 g/mol. The standard InChI is InChI=1S/C8H6BF3NO/c10-9(11,12)7-3-1-2-4-8(7)14-6-5-13/h1-4H,6H2/q-1. The van der Waals surface area contributed by atoms with E-state index in [0.29, 0.717) is 0 Å². The number of benzene rings is 1. The molecule has 0 heterocycles. The molecular weight excluding hydrogens is 194 g/mol. The first-order valence-electron chi connectivity index (χ1n) is 3.84. The second kappa shape index (κ2) is 4.05. The molecule has 14 heavy (non-hydrogen) atoms. The number of hydrogen-bond donors (Lipinski definition) is 0. The Morgan fingerprint density at radius 2 is 1.93 bits per heavy atom. The number of rotatable bonds is 3. The molecule has 0 spiro atoms. The van der Waals surface area contributed by atoms with E-state index in [0.717, 1.165) is 6.07 Å². The van der Waals surface area contributed by atoms with Crippen LogP contribution in [-0.4, -0.2) is 13.6 Å². The second-order valence-corrected chi connectivity index (χ2v) is 2.56. The van der Waals surface area contributed by atoms with Gasteiger partial charge in [0.25, 0.3) is 0 Å². The third-order valence-electron chi connectivity index (χ3n) is 1.56. The highest BCUT2D eigenvalue weighted by molar-refractivity contribution is 6.74. The number of hydrogen-bond acceptors (Lipinski definition) is 2. The molecule has 0 aliphatic heterocycles. The lowest BCUT2D eigenvalue weighted by atomic mass is 9.79. The normalized spacial score (nSPS) is 10.7. The Hall–Kier alpha value is -1.64. The number of para-hydroxylation sites is 1. The molecule has 74 valence electrons. The maximum absolute atomic E-state index is 12.4. The van der Waals surface area contributed by atoms with Crippen molar-refractivity contribution in [3.8, 4) is 11.8 Å². The van der Waals surface area contributed by atoms with E-state index in [2.05, 4.69) is 4.74 Å². The second-order valence-electron chi connectivity index (χ2n) is 2.56. The van der Waals surface area contributed by atoms with Gasteiger partial charge in [-0.2, -0.15) is 5.26 Å². The molecule has 6 heteroatoms. The summed E-state index contributed by atoms with van der Waals surface area (Å²) in [7, 11) is 0. The molecule has 1 aromatic rings. The highest BCUT2D eigenvalue weighted by atomic mass is 19.4. The van der Waals surface area contributed by atoms with Gasteiger partial charge in [0.2, 0.25) is 0 Å². The predicted octanol–water partition coefficient (Wildman–Crippen LogP) is 1.64. The highest BCUT2D eigenvalue weighted by Gasteiger charge is 2.28. The van der Waals surface area contributed by atoms with Gasteiger partial charge in [-0.05, 0) is 6.07 Å². The average Bonchev–Trinajstić information content (AvgIpc) is 2.14. The molecule has 0 bridgehead atoms. The van der Waals surface area contributed by atoms with E-state index >= 15 is 0 Å². The topological polar surface area (TPSA) is 33.0 Å². The fraction of sp³-hybridized carbons (Fsp3) is 0.125. The summed E-state index contributed by atoms with van der Waals surface area (Å²) in [6.07, 6.45) is 0. The van der Waals surface area contributed by atoms with Crippen LogP contribution >= 0.6 is 0 Å². The van der Waals surface area contributed by atoms with Crippen molar-refractivity contribution in [2.24, 2.45) is 0 Å². The van der Waals surface area contributed by atoms with Crippen LogP contribution in [-0.2, 0) is 0 Å². The fourth-order valence-corrected chi connectivity index (χ4v) is 0.992. The van der Waals surface area contributed by atoms with Crippen molar-refractivity contribution in [3.05, 3.63) is 24.3 Å². The van der Waals surface area contributed by atoms with Gasteiger partial charge in [-0.1, -0.05) is 23.7 Å². The zero-order chi connectivity index (χ0) is 10.6. The van der Waals surface area contributed by atoms with E-state index in [4.69, 9.17) is 5.26 Å². The summed E-state index contributed by atoms with van der Waals surface area (Å²) in [5, 5.41) is 8.17. The van der Waals surface area contributed by atoms with Crippen molar-refractivity contribution >= 4 is 12.4 Å². The number of halogens is 3. The van der Waals surface area contributed by atoms with E-state index in [9.17, 15) is 12.9 Å². The zero-order valence-electron chi connectivity index (χ0n) is 7.08. The van der Waals surface area contributed by atoms with Gasteiger partial charge in [0, 0.05) is 0 Å². The van der Waals surface area contributed by atoms with E-state index in [1.807, 2.05) is 0 Å². The number of ether oxygens (including phenoxy) is 1. The molecule has 0 atom stereocenters. The van der Waals surface area contributed by atoms with E-state index in [-0.39, 0.29) is 12.4 Å². The van der Waals surface area contributed by atoms with Crippen molar-refractivity contribution in [1.82, 2.24) is 0 Å². The lowest BCUT2D eigenvalue weighted by Crippen LogP contribution is -2.35. The van der Waals surface area contributed by atoms with Crippen LogP contribution in [0.2, 0.25) is 0 Å². The monoisotopic (exact) mass is 200 g/mol. The van der Waals surface area contributed by atoms with Crippen molar-refractivity contribution in [2.45, 2.75) is 0 Å². The maximum atomic E-state index is 12.4. The van der Waals surface area contributed by atoms with Crippen LogP contribution < -0.4 is 10.2 Å². The first-order valence-corrected chi connectivity index (χ1v) is 3.84. The molecule has 0 aliphatic rings. The van der Waals surface area contributed by atoms with Gasteiger partial charge in [-0.25, -0.2) is 0 Å². The minimum Gasteiger partial charge on any atom is -0.482 e. The summed E-state index contributed by atoms with van der Waals surface area (Å²) >= 11 is 0. The Morgan fingerprint density at radius 3 is 2.50 bits per heavy atom. The van der Waals surface area contributed by atoms with Gasteiger partial charge in [0.05, 0.1) is 5.75 Å². The van der Waals surface area contributed by atoms with Gasteiger partial charge < -0.3 is 17.7 Å². The molecule has 0 unspecified atom stereocenters. The van der Waals surface area contributed by atoms with Gasteiger partial charge in [0.1, 0.15) is 6.07 Å². The molecule has 0 aromatic heterocycles. The minimum absolute atomic E-state index is 0.290. The summed E-state index contributed by atoms with van der Waals surface area (Å²) in [5.74, 6) is -0.290. The third-order valence-corrected chi connectivity index (χ3v) is 1.56. The lowest BCUT2D eigenvalue weighted by molar-refractivity contribution is 0.368. The molecule has 1 aromatic carbocycles. The SMILES string of the molecule is N#CCOc1ccccc1[B-](F)(F)F. The van der Waals surface area contributed by atoms with E-state index in [1.165, 1.54) is 18.2 Å². The quantitative estimate of drug-likeness (QED) is 0.694. The summed E-state index contributed by atoms with van der Waals surface area (Å²) in [5.41, 5.74) is -0.803. The molecule has 0 radical (unpaired) electrons. The van der Waals surface area contributed by atoms with Crippen LogP contribution in [0, 0.1) is 11.3 Å². The fourth-order valence-electron chi connectivity index (χ4n) is 0.992. The Balaban J connectivity index is 2.99. The highest BCUT2D eigenvalue weighted by Crippen LogP contribution is 2.17. The van der Waals surface area contributed by atoms with Crippen LogP contribution in [0.1, 0.15) is 0 Å². The maximum Gasteiger partial charge on any atom is 0.513 e. The Kier molecular flexibility index (Phi) is 3.02. The van der Waals surface area contributed by atoms with Crippen LogP contribution in [0.3, 0.4) is 0 Å². The molecule has 2 nitrogen and oxygen atoms in total. The Labute approximate surface area is 79.0 Å². The minimum atomic E-state index is -5.09. The summed E-state index contributed by atoms with van der Waals surface area (Å²) < 4.78 is 41.8. The molecule has 0 amide bonds. The van der Waals surface area contributed by atoms with Crippen LogP contribution in [0.25, 0.3) is 0 Å². The van der Waals surface area contributed by atoms with E-state index in [1.54, 1.807) is 6.07 Å². The van der Waals surface area contributed by atoms with Crippen molar-refractivity contribution < 1.29 is 17.7 Å². The van der Waals surface area contributed by atoms with E-state index < -0.39 is 12.4 Å². The summed E-state index contributed by atoms with van der Waals surface area (Å²) in [4.78, 5) is 0. The molecule has 0 fully saturated rings. The van der Waals surface area contributed by atoms with Crippen molar-refractivity contribution in [2.75, 3.05) is 6.61 Å². The third kappa shape index (κ3) is 2.42. The van der Waals surface area contributed by atoms with Crippen molar-refractivity contribution in [3.63, 3.8) is 0 Å². The predicted molar refractivity (Wildman–Crippen MR) is 46.3 cm³/mol. The molecule has 1 rings (SSSR count). The number of nitriles is 1.